The maximum absolute atomic E-state index is 10.4. The van der Waals surface area contributed by atoms with Gasteiger partial charge < -0.3 is 5.11 Å². The zero-order chi connectivity index (χ0) is 11.4. The second-order valence-corrected chi connectivity index (χ2v) is 4.39. The first kappa shape index (κ1) is 11.1. The fourth-order valence-electron chi connectivity index (χ4n) is 2.22. The molecule has 1 aromatic rings. The Morgan fingerprint density at radius 3 is 2.88 bits per heavy atom. The standard InChI is InChI=1S/C11H17N3O2/c15-11(16)6-7-14-8-10(12-13-14)9-4-2-1-3-5-9/h8-9H,1-7H2,(H,15,16). The minimum Gasteiger partial charge on any atom is -0.481 e. The molecular formula is C11H17N3O2. The van der Waals surface area contributed by atoms with Crippen molar-refractivity contribution in [2.24, 2.45) is 0 Å². The minimum atomic E-state index is -0.797. The van der Waals surface area contributed by atoms with Gasteiger partial charge in [-0.2, -0.15) is 0 Å². The summed E-state index contributed by atoms with van der Waals surface area (Å²) >= 11 is 0. The molecule has 88 valence electrons. The van der Waals surface area contributed by atoms with Crippen LogP contribution < -0.4 is 0 Å². The fourth-order valence-corrected chi connectivity index (χ4v) is 2.22. The van der Waals surface area contributed by atoms with E-state index in [1.165, 1.54) is 32.1 Å². The minimum absolute atomic E-state index is 0.105. The maximum Gasteiger partial charge on any atom is 0.305 e. The third-order valence-electron chi connectivity index (χ3n) is 3.13. The van der Waals surface area contributed by atoms with Crippen molar-refractivity contribution in [3.8, 4) is 0 Å². The van der Waals surface area contributed by atoms with Gasteiger partial charge in [0.1, 0.15) is 0 Å². The Labute approximate surface area is 94.5 Å². The molecule has 0 radical (unpaired) electrons. The van der Waals surface area contributed by atoms with Crippen LogP contribution in [0.3, 0.4) is 0 Å². The molecule has 0 bridgehead atoms. The Morgan fingerprint density at radius 1 is 1.44 bits per heavy atom. The van der Waals surface area contributed by atoms with Gasteiger partial charge in [0.05, 0.1) is 18.7 Å². The highest BCUT2D eigenvalue weighted by Crippen LogP contribution is 2.30. The Kier molecular flexibility index (Phi) is 3.54. The number of carboxylic acid groups (broad SMARTS) is 1. The molecule has 1 N–H and O–H groups in total. The normalized spacial score (nSPS) is 17.5. The Balaban J connectivity index is 1.93. The van der Waals surface area contributed by atoms with Crippen LogP contribution in [0, 0.1) is 0 Å². The lowest BCUT2D eigenvalue weighted by atomic mass is 9.87. The largest absolute Gasteiger partial charge is 0.481 e. The summed E-state index contributed by atoms with van der Waals surface area (Å²) in [5.74, 6) is -0.262. The molecule has 5 nitrogen and oxygen atoms in total. The highest BCUT2D eigenvalue weighted by atomic mass is 16.4. The number of hydrogen-bond donors (Lipinski definition) is 1. The van der Waals surface area contributed by atoms with Gasteiger partial charge in [0.2, 0.25) is 0 Å². The molecule has 1 aliphatic carbocycles. The van der Waals surface area contributed by atoms with E-state index >= 15 is 0 Å². The van der Waals surface area contributed by atoms with Crippen molar-refractivity contribution in [3.63, 3.8) is 0 Å². The van der Waals surface area contributed by atoms with E-state index in [0.717, 1.165) is 5.69 Å². The molecule has 5 heteroatoms. The van der Waals surface area contributed by atoms with Crippen LogP contribution in [0.2, 0.25) is 0 Å². The quantitative estimate of drug-likeness (QED) is 0.845. The number of aromatic nitrogens is 3. The summed E-state index contributed by atoms with van der Waals surface area (Å²) in [4.78, 5) is 10.4. The monoisotopic (exact) mass is 223 g/mol. The van der Waals surface area contributed by atoms with E-state index in [0.29, 0.717) is 12.5 Å². The van der Waals surface area contributed by atoms with Crippen molar-refractivity contribution in [3.05, 3.63) is 11.9 Å². The Hall–Kier alpha value is -1.39. The third-order valence-corrected chi connectivity index (χ3v) is 3.13. The van der Waals surface area contributed by atoms with E-state index in [9.17, 15) is 4.79 Å². The zero-order valence-electron chi connectivity index (χ0n) is 9.30. The van der Waals surface area contributed by atoms with Crippen molar-refractivity contribution >= 4 is 5.97 Å². The van der Waals surface area contributed by atoms with E-state index in [1.807, 2.05) is 6.20 Å². The Bertz CT molecular complexity index is 356. The molecule has 1 aromatic heterocycles. The molecule has 0 aromatic carbocycles. The van der Waals surface area contributed by atoms with Crippen molar-refractivity contribution in [1.82, 2.24) is 15.0 Å². The summed E-state index contributed by atoms with van der Waals surface area (Å²) in [6, 6.07) is 0. The molecule has 1 fully saturated rings. The van der Waals surface area contributed by atoms with Gasteiger partial charge in [-0.15, -0.1) is 5.10 Å². The number of carboxylic acids is 1. The highest BCUT2D eigenvalue weighted by molar-refractivity contribution is 5.66. The van der Waals surface area contributed by atoms with E-state index in [-0.39, 0.29) is 6.42 Å². The number of aryl methyl sites for hydroxylation is 1. The summed E-state index contributed by atoms with van der Waals surface area (Å²) < 4.78 is 1.64. The highest BCUT2D eigenvalue weighted by Gasteiger charge is 2.18. The maximum atomic E-state index is 10.4. The summed E-state index contributed by atoms with van der Waals surface area (Å²) in [6.45, 7) is 0.412. The van der Waals surface area contributed by atoms with Crippen LogP contribution in [0.5, 0.6) is 0 Å². The van der Waals surface area contributed by atoms with Gasteiger partial charge >= 0.3 is 5.97 Å². The van der Waals surface area contributed by atoms with Crippen LogP contribution >= 0.6 is 0 Å². The molecule has 0 atom stereocenters. The van der Waals surface area contributed by atoms with Gasteiger partial charge in [-0.1, -0.05) is 24.5 Å². The average molecular weight is 223 g/mol. The van der Waals surface area contributed by atoms with E-state index < -0.39 is 5.97 Å². The third kappa shape index (κ3) is 2.81. The average Bonchev–Trinajstić information content (AvgIpc) is 2.76. The molecular weight excluding hydrogens is 206 g/mol. The van der Waals surface area contributed by atoms with Crippen LogP contribution in [0.25, 0.3) is 0 Å². The van der Waals surface area contributed by atoms with Crippen molar-refractivity contribution < 1.29 is 9.90 Å². The molecule has 1 saturated carbocycles. The predicted octanol–water partition coefficient (Wildman–Crippen LogP) is 1.80. The lowest BCUT2D eigenvalue weighted by Crippen LogP contribution is -2.05. The second-order valence-electron chi connectivity index (χ2n) is 4.39. The summed E-state index contributed by atoms with van der Waals surface area (Å²) in [7, 11) is 0. The first-order valence-electron chi connectivity index (χ1n) is 5.87. The molecule has 0 amide bonds. The summed E-state index contributed by atoms with van der Waals surface area (Å²) in [5.41, 5.74) is 1.03. The van der Waals surface area contributed by atoms with E-state index in [1.54, 1.807) is 4.68 Å². The fraction of sp³-hybridized carbons (Fsp3) is 0.727. The first-order valence-corrected chi connectivity index (χ1v) is 5.87. The lowest BCUT2D eigenvalue weighted by Gasteiger charge is -2.18. The zero-order valence-corrected chi connectivity index (χ0v) is 9.30. The molecule has 0 saturated heterocycles. The number of nitrogens with zero attached hydrogens (tertiary/aromatic N) is 3. The van der Waals surface area contributed by atoms with Crippen molar-refractivity contribution in [2.45, 2.75) is 51.0 Å². The molecule has 1 aliphatic rings. The molecule has 16 heavy (non-hydrogen) atoms. The number of carbonyl (C=O) groups is 1. The van der Waals surface area contributed by atoms with Crippen LogP contribution in [0.15, 0.2) is 6.20 Å². The number of hydrogen-bond acceptors (Lipinski definition) is 3. The predicted molar refractivity (Wildman–Crippen MR) is 58.1 cm³/mol. The molecule has 0 spiro atoms. The molecule has 1 heterocycles. The second kappa shape index (κ2) is 5.09. The molecule has 0 aliphatic heterocycles. The van der Waals surface area contributed by atoms with Gasteiger partial charge in [-0.3, -0.25) is 9.48 Å². The lowest BCUT2D eigenvalue weighted by molar-refractivity contribution is -0.137. The van der Waals surface area contributed by atoms with Gasteiger partial charge in [-0.25, -0.2) is 0 Å². The van der Waals surface area contributed by atoms with Crippen LogP contribution in [-0.2, 0) is 11.3 Å². The van der Waals surface area contributed by atoms with Gasteiger partial charge in [0.15, 0.2) is 0 Å². The Morgan fingerprint density at radius 2 is 2.19 bits per heavy atom. The molecule has 2 rings (SSSR count). The summed E-state index contributed by atoms with van der Waals surface area (Å²) in [6.07, 6.45) is 8.25. The van der Waals surface area contributed by atoms with Gasteiger partial charge in [0, 0.05) is 12.1 Å². The van der Waals surface area contributed by atoms with Crippen molar-refractivity contribution in [1.29, 1.82) is 0 Å². The topological polar surface area (TPSA) is 68.0 Å². The number of rotatable bonds is 4. The van der Waals surface area contributed by atoms with Crippen LogP contribution in [-0.4, -0.2) is 26.1 Å². The van der Waals surface area contributed by atoms with Crippen molar-refractivity contribution in [2.75, 3.05) is 0 Å². The van der Waals surface area contributed by atoms with Gasteiger partial charge in [0.25, 0.3) is 0 Å². The molecule has 0 unspecified atom stereocenters. The number of aliphatic carboxylic acids is 1. The summed E-state index contributed by atoms with van der Waals surface area (Å²) in [5, 5.41) is 16.7. The van der Waals surface area contributed by atoms with Crippen LogP contribution in [0.1, 0.15) is 50.1 Å². The smallest absolute Gasteiger partial charge is 0.305 e. The van der Waals surface area contributed by atoms with E-state index in [2.05, 4.69) is 10.3 Å². The van der Waals surface area contributed by atoms with Crippen LogP contribution in [0.4, 0.5) is 0 Å². The SMILES string of the molecule is O=C(O)CCn1cc(C2CCCCC2)nn1. The van der Waals surface area contributed by atoms with E-state index in [4.69, 9.17) is 5.11 Å². The van der Waals surface area contributed by atoms with Gasteiger partial charge in [-0.05, 0) is 12.8 Å². The first-order chi connectivity index (χ1) is 7.75.